The van der Waals surface area contributed by atoms with Crippen LogP contribution in [0.25, 0.3) is 10.9 Å². The lowest BCUT2D eigenvalue weighted by molar-refractivity contribution is 0.0939. The number of fused-ring (bicyclic) bond motifs is 1. The van der Waals surface area contributed by atoms with Gasteiger partial charge in [-0.2, -0.15) is 0 Å². The molecule has 1 heterocycles. The second-order valence-corrected chi connectivity index (χ2v) is 5.52. The van der Waals surface area contributed by atoms with Gasteiger partial charge in [0.1, 0.15) is 5.69 Å². The van der Waals surface area contributed by atoms with Crippen LogP contribution in [0.1, 0.15) is 36.2 Å². The number of hydrogen-bond donors (Lipinski definition) is 3. The summed E-state index contributed by atoms with van der Waals surface area (Å²) >= 11 is 0. The summed E-state index contributed by atoms with van der Waals surface area (Å²) in [4.78, 5) is 15.2. The molecule has 4 N–H and O–H groups in total. The van der Waals surface area contributed by atoms with Crippen LogP contribution in [0.15, 0.2) is 30.3 Å². The van der Waals surface area contributed by atoms with Crippen molar-refractivity contribution in [2.75, 3.05) is 6.54 Å². The Bertz CT molecular complexity index is 563. The molecule has 0 aliphatic heterocycles. The summed E-state index contributed by atoms with van der Waals surface area (Å²) in [5.41, 5.74) is 7.61. The Morgan fingerprint density at radius 3 is 2.79 bits per heavy atom. The number of amides is 1. The number of carbonyl (C=O) groups excluding carboxylic acids is 1. The van der Waals surface area contributed by atoms with Crippen LogP contribution in [0.5, 0.6) is 0 Å². The van der Waals surface area contributed by atoms with E-state index in [1.54, 1.807) is 0 Å². The third kappa shape index (κ3) is 2.49. The van der Waals surface area contributed by atoms with Gasteiger partial charge in [0.2, 0.25) is 0 Å². The maximum atomic E-state index is 12.1. The highest BCUT2D eigenvalue weighted by molar-refractivity contribution is 5.98. The van der Waals surface area contributed by atoms with E-state index in [0.29, 0.717) is 12.2 Å². The molecule has 100 valence electrons. The molecule has 1 aliphatic rings. The molecule has 4 heteroatoms. The van der Waals surface area contributed by atoms with Crippen molar-refractivity contribution < 1.29 is 4.79 Å². The molecule has 1 saturated carbocycles. The molecule has 1 aliphatic carbocycles. The maximum absolute atomic E-state index is 12.1. The van der Waals surface area contributed by atoms with Crippen LogP contribution in [0, 0.1) is 0 Å². The van der Waals surface area contributed by atoms with Crippen LogP contribution in [0.2, 0.25) is 0 Å². The smallest absolute Gasteiger partial charge is 0.267 e. The van der Waals surface area contributed by atoms with Crippen molar-refractivity contribution in [3.63, 3.8) is 0 Å². The lowest BCUT2D eigenvalue weighted by atomic mass is 9.99. The summed E-state index contributed by atoms with van der Waals surface area (Å²) in [5, 5.41) is 4.00. The number of aromatic amines is 1. The first-order valence-electron chi connectivity index (χ1n) is 6.81. The topological polar surface area (TPSA) is 70.9 Å². The number of H-pyrrole nitrogens is 1. The van der Waals surface area contributed by atoms with Gasteiger partial charge in [-0.25, -0.2) is 0 Å². The van der Waals surface area contributed by atoms with Gasteiger partial charge in [0, 0.05) is 23.0 Å². The van der Waals surface area contributed by atoms with E-state index >= 15 is 0 Å². The molecule has 0 atom stereocenters. The maximum Gasteiger partial charge on any atom is 0.267 e. The minimum absolute atomic E-state index is 0.0760. The van der Waals surface area contributed by atoms with E-state index in [1.807, 2.05) is 30.3 Å². The Labute approximate surface area is 112 Å². The second kappa shape index (κ2) is 4.70. The molecule has 0 radical (unpaired) electrons. The van der Waals surface area contributed by atoms with Gasteiger partial charge in [-0.15, -0.1) is 0 Å². The van der Waals surface area contributed by atoms with E-state index in [1.165, 1.54) is 12.8 Å². The summed E-state index contributed by atoms with van der Waals surface area (Å²) in [6.07, 6.45) is 4.33. The number of para-hydroxylation sites is 1. The number of aromatic nitrogens is 1. The lowest BCUT2D eigenvalue weighted by Gasteiger charge is -2.23. The fraction of sp³-hybridized carbons (Fsp3) is 0.400. The monoisotopic (exact) mass is 257 g/mol. The Kier molecular flexibility index (Phi) is 3.03. The molecule has 0 spiro atoms. The summed E-state index contributed by atoms with van der Waals surface area (Å²) in [7, 11) is 0. The normalized spacial score (nSPS) is 17.7. The number of benzene rings is 1. The third-order valence-corrected chi connectivity index (χ3v) is 3.97. The van der Waals surface area contributed by atoms with Gasteiger partial charge in [0.25, 0.3) is 5.91 Å². The predicted molar refractivity (Wildman–Crippen MR) is 76.0 cm³/mol. The summed E-state index contributed by atoms with van der Waals surface area (Å²) in [6, 6.07) is 9.75. The van der Waals surface area contributed by atoms with E-state index in [0.717, 1.165) is 23.7 Å². The van der Waals surface area contributed by atoms with E-state index in [9.17, 15) is 4.79 Å². The quantitative estimate of drug-likeness (QED) is 0.788. The zero-order chi connectivity index (χ0) is 13.3. The van der Waals surface area contributed by atoms with Crippen molar-refractivity contribution in [3.05, 3.63) is 36.0 Å². The van der Waals surface area contributed by atoms with Crippen LogP contribution in [0.4, 0.5) is 0 Å². The van der Waals surface area contributed by atoms with Crippen molar-refractivity contribution >= 4 is 16.8 Å². The first-order chi connectivity index (χ1) is 9.16. The summed E-state index contributed by atoms with van der Waals surface area (Å²) in [6.45, 7) is 0.557. The molecule has 0 unspecified atom stereocenters. The highest BCUT2D eigenvalue weighted by atomic mass is 16.1. The van der Waals surface area contributed by atoms with Crippen molar-refractivity contribution in [2.24, 2.45) is 5.73 Å². The molecule has 3 rings (SSSR count). The van der Waals surface area contributed by atoms with E-state index in [2.05, 4.69) is 10.3 Å². The van der Waals surface area contributed by atoms with Gasteiger partial charge in [-0.1, -0.05) is 31.0 Å². The number of rotatable bonds is 3. The van der Waals surface area contributed by atoms with Gasteiger partial charge in [0.15, 0.2) is 0 Å². The van der Waals surface area contributed by atoms with E-state index < -0.39 is 0 Å². The molecular weight excluding hydrogens is 238 g/mol. The average molecular weight is 257 g/mol. The van der Waals surface area contributed by atoms with Crippen molar-refractivity contribution in [1.29, 1.82) is 0 Å². The number of carbonyl (C=O) groups is 1. The zero-order valence-corrected chi connectivity index (χ0v) is 10.9. The fourth-order valence-electron chi connectivity index (χ4n) is 2.80. The molecule has 1 amide bonds. The lowest BCUT2D eigenvalue weighted by Crippen LogP contribution is -2.48. The van der Waals surface area contributed by atoms with Crippen LogP contribution in [0.3, 0.4) is 0 Å². The van der Waals surface area contributed by atoms with E-state index in [-0.39, 0.29) is 11.4 Å². The Morgan fingerprint density at radius 1 is 1.32 bits per heavy atom. The van der Waals surface area contributed by atoms with Gasteiger partial charge in [-0.05, 0) is 25.0 Å². The standard InChI is InChI=1S/C15H19N3O/c16-15(7-3-4-8-15)10-17-14(19)13-9-11-5-1-2-6-12(11)18-13/h1-2,5-6,9,18H,3-4,7-8,10,16H2,(H,17,19). The molecule has 1 aromatic carbocycles. The van der Waals surface area contributed by atoms with Crippen LogP contribution < -0.4 is 11.1 Å². The molecule has 0 bridgehead atoms. The Morgan fingerprint density at radius 2 is 2.05 bits per heavy atom. The van der Waals surface area contributed by atoms with Gasteiger partial charge in [-0.3, -0.25) is 4.79 Å². The molecule has 4 nitrogen and oxygen atoms in total. The Balaban J connectivity index is 1.69. The fourth-order valence-corrected chi connectivity index (χ4v) is 2.80. The first-order valence-corrected chi connectivity index (χ1v) is 6.81. The predicted octanol–water partition coefficient (Wildman–Crippen LogP) is 2.17. The summed E-state index contributed by atoms with van der Waals surface area (Å²) in [5.74, 6) is -0.0760. The van der Waals surface area contributed by atoms with Gasteiger partial charge < -0.3 is 16.0 Å². The number of nitrogens with one attached hydrogen (secondary N) is 2. The van der Waals surface area contributed by atoms with Crippen LogP contribution in [-0.2, 0) is 0 Å². The summed E-state index contributed by atoms with van der Waals surface area (Å²) < 4.78 is 0. The molecule has 0 saturated heterocycles. The highest BCUT2D eigenvalue weighted by Gasteiger charge is 2.29. The highest BCUT2D eigenvalue weighted by Crippen LogP contribution is 2.26. The molecule has 1 fully saturated rings. The molecular formula is C15H19N3O. The minimum atomic E-state index is -0.207. The Hall–Kier alpha value is -1.81. The average Bonchev–Trinajstić information content (AvgIpc) is 3.02. The molecule has 19 heavy (non-hydrogen) atoms. The zero-order valence-electron chi connectivity index (χ0n) is 10.9. The third-order valence-electron chi connectivity index (χ3n) is 3.97. The molecule has 2 aromatic rings. The van der Waals surface area contributed by atoms with E-state index in [4.69, 9.17) is 5.73 Å². The first kappa shape index (κ1) is 12.2. The molecule has 1 aromatic heterocycles. The van der Waals surface area contributed by atoms with Crippen LogP contribution >= 0.6 is 0 Å². The minimum Gasteiger partial charge on any atom is -0.351 e. The van der Waals surface area contributed by atoms with Gasteiger partial charge >= 0.3 is 0 Å². The SMILES string of the molecule is NC1(CNC(=O)c2cc3ccccc3[nH]2)CCCC1. The largest absolute Gasteiger partial charge is 0.351 e. The van der Waals surface area contributed by atoms with Crippen molar-refractivity contribution in [2.45, 2.75) is 31.2 Å². The van der Waals surface area contributed by atoms with Crippen molar-refractivity contribution in [3.8, 4) is 0 Å². The van der Waals surface area contributed by atoms with Crippen LogP contribution in [-0.4, -0.2) is 23.0 Å². The number of hydrogen-bond acceptors (Lipinski definition) is 2. The van der Waals surface area contributed by atoms with Gasteiger partial charge in [0.05, 0.1) is 0 Å². The second-order valence-electron chi connectivity index (χ2n) is 5.52. The number of nitrogens with two attached hydrogens (primary N) is 1. The van der Waals surface area contributed by atoms with Crippen molar-refractivity contribution in [1.82, 2.24) is 10.3 Å².